The molecule has 0 fully saturated rings. The van der Waals surface area contributed by atoms with Crippen LogP contribution >= 0.6 is 0 Å². The first kappa shape index (κ1) is 36.8. The highest BCUT2D eigenvalue weighted by molar-refractivity contribution is 5.81. The zero-order valence-electron chi connectivity index (χ0n) is 27.9. The van der Waals surface area contributed by atoms with Gasteiger partial charge in [0.25, 0.3) is 5.56 Å². The lowest BCUT2D eigenvalue weighted by Crippen LogP contribution is -2.49. The summed E-state index contributed by atoms with van der Waals surface area (Å²) in [5, 5.41) is 0. The maximum atomic E-state index is 13.1. The van der Waals surface area contributed by atoms with Crippen LogP contribution in [0.5, 0.6) is 0 Å². The van der Waals surface area contributed by atoms with Crippen molar-refractivity contribution in [2.24, 2.45) is 0 Å². The number of aromatic nitrogens is 4. The van der Waals surface area contributed by atoms with Crippen LogP contribution in [0.1, 0.15) is 90.2 Å². The van der Waals surface area contributed by atoms with Gasteiger partial charge in [0.05, 0.1) is 17.6 Å². The molecule has 0 saturated heterocycles. The summed E-state index contributed by atoms with van der Waals surface area (Å²) in [6.45, 7) is 10.1. The average Bonchev–Trinajstić information content (AvgIpc) is 2.99. The highest BCUT2D eigenvalue weighted by Gasteiger charge is 2.40. The summed E-state index contributed by atoms with van der Waals surface area (Å²) in [4.78, 5) is 87.4. The van der Waals surface area contributed by atoms with Gasteiger partial charge in [0, 0.05) is 25.7 Å². The lowest BCUT2D eigenvalue weighted by atomic mass is 10.0. The molecule has 0 amide bonds. The van der Waals surface area contributed by atoms with Crippen molar-refractivity contribution in [3.8, 4) is 11.5 Å². The van der Waals surface area contributed by atoms with Crippen LogP contribution < -0.4 is 11.2 Å². The van der Waals surface area contributed by atoms with Crippen LogP contribution in [0.4, 0.5) is 0 Å². The average molecular weight is 657 g/mol. The Bertz CT molecular complexity index is 1660. The summed E-state index contributed by atoms with van der Waals surface area (Å²) in [5.41, 5.74) is 0.757. The van der Waals surface area contributed by atoms with Crippen molar-refractivity contribution >= 4 is 34.9 Å². The molecule has 2 aliphatic heterocycles. The molecule has 3 atom stereocenters. The molecule has 0 aliphatic carbocycles. The zero-order valence-corrected chi connectivity index (χ0v) is 27.9. The van der Waals surface area contributed by atoms with Gasteiger partial charge in [-0.25, -0.2) is 9.78 Å². The number of hydrogen-bond acceptors (Lipinski definition) is 12. The number of fused-ring (bicyclic) bond motifs is 2. The number of benzene rings is 1. The molecule has 0 unspecified atom stereocenters. The molecule has 256 valence electrons. The molecule has 1 N–H and O–H groups in total. The fraction of sp³-hybridized carbons (Fsp3) is 0.576. The molecule has 0 bridgehead atoms. The molecule has 3 rings (SSSR count). The molecule has 14 nitrogen and oxygen atoms in total. The molecule has 14 heteroatoms. The predicted molar refractivity (Wildman–Crippen MR) is 171 cm³/mol. The minimum Gasteiger partial charge on any atom is -0.462 e. The standard InChI is InChI=1S/C33H44N4O10/c1-7-11-25(38)44-18-24(46-27(40)13-9-3)30(47-28(41)14-10-4)23(45-26(39)12-8-2)17-37-22-16-20(6)19(5)15-21(22)34-29-31(37)35-33(43)36-32(29)42/h15-16,23-24,30H,7-14,17-18H2,1-6H3,(H,36,42,43)/t23-,24-,30-/m1/s1. The number of aromatic amines is 1. The number of aryl methyl sites for hydroxylation is 2. The van der Waals surface area contributed by atoms with Crippen LogP contribution in [0.15, 0.2) is 21.7 Å². The highest BCUT2D eigenvalue weighted by Crippen LogP contribution is 2.27. The second-order valence-corrected chi connectivity index (χ2v) is 11.4. The lowest BCUT2D eigenvalue weighted by molar-refractivity contribution is -0.193. The molecule has 2 aliphatic rings. The van der Waals surface area contributed by atoms with Gasteiger partial charge in [0.15, 0.2) is 29.8 Å². The van der Waals surface area contributed by atoms with Gasteiger partial charge in [-0.1, -0.05) is 27.7 Å². The zero-order chi connectivity index (χ0) is 34.7. The quantitative estimate of drug-likeness (QED) is 0.126. The Hall–Kier alpha value is -4.62. The van der Waals surface area contributed by atoms with Gasteiger partial charge in [-0.2, -0.15) is 4.98 Å². The fourth-order valence-electron chi connectivity index (χ4n) is 4.94. The molecular formula is C33H44N4O10. The molecule has 47 heavy (non-hydrogen) atoms. The minimum atomic E-state index is -1.46. The van der Waals surface area contributed by atoms with Gasteiger partial charge in [-0.15, -0.1) is 0 Å². The van der Waals surface area contributed by atoms with Gasteiger partial charge in [0.2, 0.25) is 0 Å². The van der Waals surface area contributed by atoms with E-state index < -0.39 is 60.0 Å². The first-order valence-corrected chi connectivity index (χ1v) is 16.1. The molecular weight excluding hydrogens is 612 g/mol. The summed E-state index contributed by atoms with van der Waals surface area (Å²) >= 11 is 0. The maximum absolute atomic E-state index is 13.1. The van der Waals surface area contributed by atoms with Crippen LogP contribution in [0.25, 0.3) is 22.6 Å². The molecule has 0 spiro atoms. The third-order valence-electron chi connectivity index (χ3n) is 7.38. The third kappa shape index (κ3) is 9.93. The summed E-state index contributed by atoms with van der Waals surface area (Å²) in [6, 6.07) is 3.56. The SMILES string of the molecule is CCCC(=O)OC[C@@H](OC(=O)CCC)[C@H](OC(=O)CCC)[C@@H](Cn1c2nc(=O)[nH]c(=O)c-2nc2cc(C)c(C)cc21)OC(=O)CCC. The first-order chi connectivity index (χ1) is 22.4. The largest absolute Gasteiger partial charge is 0.462 e. The third-order valence-corrected chi connectivity index (χ3v) is 7.38. The molecule has 0 radical (unpaired) electrons. The second kappa shape index (κ2) is 17.3. The van der Waals surface area contributed by atoms with Crippen LogP contribution in [0.2, 0.25) is 0 Å². The second-order valence-electron chi connectivity index (χ2n) is 11.4. The minimum absolute atomic E-state index is 0.000577. The number of carbonyl (C=O) groups excluding carboxylic acids is 4. The van der Waals surface area contributed by atoms with E-state index in [0.717, 1.165) is 11.1 Å². The first-order valence-electron chi connectivity index (χ1n) is 16.1. The number of nitrogens with one attached hydrogen (secondary N) is 1. The van der Waals surface area contributed by atoms with Crippen LogP contribution in [0.3, 0.4) is 0 Å². The van der Waals surface area contributed by atoms with Crippen LogP contribution in [0, 0.1) is 13.8 Å². The maximum Gasteiger partial charge on any atom is 0.349 e. The summed E-state index contributed by atoms with van der Waals surface area (Å²) < 4.78 is 24.5. The van der Waals surface area contributed by atoms with Crippen molar-refractivity contribution in [1.29, 1.82) is 0 Å². The van der Waals surface area contributed by atoms with Gasteiger partial charge in [0.1, 0.15) is 6.61 Å². The summed E-state index contributed by atoms with van der Waals surface area (Å²) in [7, 11) is 0. The van der Waals surface area contributed by atoms with Crippen LogP contribution in [-0.4, -0.2) is 68.3 Å². The van der Waals surface area contributed by atoms with E-state index in [-0.39, 0.29) is 43.7 Å². The van der Waals surface area contributed by atoms with Crippen molar-refractivity contribution in [3.63, 3.8) is 0 Å². The number of ether oxygens (including phenoxy) is 4. The Morgan fingerprint density at radius 2 is 1.28 bits per heavy atom. The van der Waals surface area contributed by atoms with Crippen molar-refractivity contribution < 1.29 is 38.1 Å². The predicted octanol–water partition coefficient (Wildman–Crippen LogP) is 3.68. The van der Waals surface area contributed by atoms with E-state index in [0.29, 0.717) is 36.7 Å². The topological polar surface area (TPSA) is 186 Å². The Morgan fingerprint density at radius 3 is 1.87 bits per heavy atom. The van der Waals surface area contributed by atoms with Crippen molar-refractivity contribution in [2.75, 3.05) is 6.61 Å². The van der Waals surface area contributed by atoms with Crippen molar-refractivity contribution in [2.45, 2.75) is 118 Å². The Labute approximate surface area is 272 Å². The Kier molecular flexibility index (Phi) is 13.6. The van der Waals surface area contributed by atoms with Crippen molar-refractivity contribution in [1.82, 2.24) is 19.5 Å². The van der Waals surface area contributed by atoms with Gasteiger partial charge < -0.3 is 23.5 Å². The number of rotatable bonds is 17. The van der Waals surface area contributed by atoms with E-state index >= 15 is 0 Å². The summed E-state index contributed by atoms with van der Waals surface area (Å²) in [6.07, 6.45) is -2.20. The molecule has 0 aromatic heterocycles. The normalized spacial score (nSPS) is 13.1. The van der Waals surface area contributed by atoms with Gasteiger partial charge in [-0.05, 0) is 62.8 Å². The van der Waals surface area contributed by atoms with E-state index in [1.54, 1.807) is 39.8 Å². The van der Waals surface area contributed by atoms with E-state index in [1.807, 2.05) is 13.8 Å². The molecule has 1 aromatic rings. The number of nitrogens with zero attached hydrogens (tertiary/aromatic N) is 3. The number of carbonyl (C=O) groups is 4. The van der Waals surface area contributed by atoms with Crippen LogP contribution in [-0.2, 0) is 44.7 Å². The van der Waals surface area contributed by atoms with Gasteiger partial charge in [-0.3, -0.25) is 29.0 Å². The monoisotopic (exact) mass is 656 g/mol. The van der Waals surface area contributed by atoms with E-state index in [2.05, 4.69) is 15.0 Å². The van der Waals surface area contributed by atoms with E-state index in [1.165, 1.54) is 4.57 Å². The molecule has 2 heterocycles. The Balaban J connectivity index is 2.28. The van der Waals surface area contributed by atoms with Gasteiger partial charge >= 0.3 is 29.6 Å². The summed E-state index contributed by atoms with van der Waals surface area (Å²) in [5.74, 6) is -2.59. The van der Waals surface area contributed by atoms with E-state index in [9.17, 15) is 28.8 Å². The van der Waals surface area contributed by atoms with E-state index in [4.69, 9.17) is 18.9 Å². The number of H-pyrrole nitrogens is 1. The molecule has 1 aromatic carbocycles. The Morgan fingerprint density at radius 1 is 0.745 bits per heavy atom. The number of hydrogen-bond donors (Lipinski definition) is 1. The van der Waals surface area contributed by atoms with Crippen molar-refractivity contribution in [3.05, 3.63) is 44.1 Å². The molecule has 0 saturated carbocycles. The smallest absolute Gasteiger partial charge is 0.349 e. The lowest BCUT2D eigenvalue weighted by Gasteiger charge is -2.33. The fourth-order valence-corrected chi connectivity index (χ4v) is 4.94. The highest BCUT2D eigenvalue weighted by atomic mass is 16.6. The number of esters is 4.